The van der Waals surface area contributed by atoms with Crippen molar-refractivity contribution >= 4 is 34.7 Å². The number of hydrogen-bond donors (Lipinski definition) is 0. The molecule has 0 saturated heterocycles. The minimum absolute atomic E-state index is 0.237. The van der Waals surface area contributed by atoms with Gasteiger partial charge in [-0.3, -0.25) is 0 Å². The van der Waals surface area contributed by atoms with Gasteiger partial charge in [-0.25, -0.2) is 4.98 Å². The number of thiazole rings is 1. The minimum Gasteiger partial charge on any atom is -0.483 e. The Labute approximate surface area is 195 Å². The van der Waals surface area contributed by atoms with Crippen molar-refractivity contribution in [3.63, 3.8) is 0 Å². The van der Waals surface area contributed by atoms with E-state index in [0.717, 1.165) is 43.8 Å². The molecule has 0 aliphatic heterocycles. The molecule has 0 saturated carbocycles. The van der Waals surface area contributed by atoms with Gasteiger partial charge in [0.05, 0.1) is 5.69 Å². The topological polar surface area (TPSA) is 52.8 Å². The Morgan fingerprint density at radius 1 is 1.13 bits per heavy atom. The van der Waals surface area contributed by atoms with Gasteiger partial charge in [0.15, 0.2) is 17.1 Å². The summed E-state index contributed by atoms with van der Waals surface area (Å²) in [5.41, 5.74) is 4.44. The molecule has 4 aromatic rings. The zero-order chi connectivity index (χ0) is 22.0. The van der Waals surface area contributed by atoms with Gasteiger partial charge in [0, 0.05) is 28.8 Å². The third-order valence-electron chi connectivity index (χ3n) is 4.95. The molecule has 2 aromatic heterocycles. The van der Waals surface area contributed by atoms with Crippen LogP contribution in [0, 0.1) is 13.8 Å². The van der Waals surface area contributed by atoms with E-state index in [1.807, 2.05) is 55.8 Å². The monoisotopic (exact) mass is 470 g/mol. The van der Waals surface area contributed by atoms with Crippen molar-refractivity contribution < 1.29 is 4.74 Å². The quantitative estimate of drug-likeness (QED) is 0.283. The van der Waals surface area contributed by atoms with Crippen molar-refractivity contribution in [2.75, 3.05) is 0 Å². The molecule has 0 amide bonds. The Bertz CT molecular complexity index is 1200. The van der Waals surface area contributed by atoms with Gasteiger partial charge < -0.3 is 9.30 Å². The normalized spacial score (nSPS) is 12.2. The van der Waals surface area contributed by atoms with Crippen LogP contribution in [0.3, 0.4) is 0 Å². The lowest BCUT2D eigenvalue weighted by atomic mass is 10.1. The fourth-order valence-corrected chi connectivity index (χ4v) is 5.14. The Hall–Kier alpha value is -2.35. The number of rotatable bonds is 7. The second-order valence-corrected chi connectivity index (χ2v) is 9.53. The van der Waals surface area contributed by atoms with Gasteiger partial charge in [-0.05, 0) is 50.1 Å². The molecule has 0 fully saturated rings. The molecule has 31 heavy (non-hydrogen) atoms. The summed E-state index contributed by atoms with van der Waals surface area (Å²) in [6.45, 7) is 6.04. The fourth-order valence-electron chi connectivity index (χ4n) is 3.20. The number of thioether (sulfide) groups is 1. The summed E-state index contributed by atoms with van der Waals surface area (Å²) in [6, 6.07) is 14.0. The molecule has 1 unspecified atom stereocenters. The number of aryl methyl sites for hydroxylation is 2. The van der Waals surface area contributed by atoms with Crippen molar-refractivity contribution in [3.05, 3.63) is 75.5 Å². The highest BCUT2D eigenvalue weighted by molar-refractivity contribution is 7.98. The van der Waals surface area contributed by atoms with Crippen LogP contribution < -0.4 is 4.74 Å². The maximum Gasteiger partial charge on any atom is 0.191 e. The summed E-state index contributed by atoms with van der Waals surface area (Å²) in [5, 5.41) is 13.4. The fraction of sp³-hybridized carbons (Fsp3) is 0.261. The van der Waals surface area contributed by atoms with Gasteiger partial charge in [-0.2, -0.15) is 0 Å². The van der Waals surface area contributed by atoms with Crippen molar-refractivity contribution in [2.24, 2.45) is 7.05 Å². The van der Waals surface area contributed by atoms with Crippen LogP contribution in [-0.2, 0) is 12.8 Å². The van der Waals surface area contributed by atoms with Crippen LogP contribution in [0.1, 0.15) is 35.7 Å². The van der Waals surface area contributed by atoms with E-state index in [-0.39, 0.29) is 6.10 Å². The third-order valence-corrected chi connectivity index (χ3v) is 7.35. The van der Waals surface area contributed by atoms with E-state index >= 15 is 0 Å². The molecular weight excluding hydrogens is 448 g/mol. The summed E-state index contributed by atoms with van der Waals surface area (Å²) >= 11 is 9.40. The first kappa shape index (κ1) is 21.9. The molecule has 0 spiro atoms. The number of aromatic nitrogens is 4. The van der Waals surface area contributed by atoms with E-state index in [9.17, 15) is 0 Å². The Morgan fingerprint density at radius 3 is 2.71 bits per heavy atom. The van der Waals surface area contributed by atoms with Crippen LogP contribution in [-0.4, -0.2) is 19.7 Å². The summed E-state index contributed by atoms with van der Waals surface area (Å²) in [4.78, 5) is 4.80. The summed E-state index contributed by atoms with van der Waals surface area (Å²) in [7, 11) is 1.96. The molecule has 0 N–H and O–H groups in total. The van der Waals surface area contributed by atoms with E-state index in [1.54, 1.807) is 23.1 Å². The van der Waals surface area contributed by atoms with Gasteiger partial charge in [-0.15, -0.1) is 21.5 Å². The smallest absolute Gasteiger partial charge is 0.191 e. The van der Waals surface area contributed by atoms with Crippen LogP contribution in [0.5, 0.6) is 5.75 Å². The molecule has 0 aliphatic rings. The van der Waals surface area contributed by atoms with Crippen molar-refractivity contribution in [1.29, 1.82) is 0 Å². The van der Waals surface area contributed by atoms with Crippen LogP contribution in [0.25, 0.3) is 10.6 Å². The molecule has 0 radical (unpaired) electrons. The van der Waals surface area contributed by atoms with Gasteiger partial charge in [0.2, 0.25) is 0 Å². The van der Waals surface area contributed by atoms with Gasteiger partial charge in [0.25, 0.3) is 0 Å². The van der Waals surface area contributed by atoms with E-state index in [1.165, 1.54) is 11.1 Å². The third kappa shape index (κ3) is 4.95. The maximum absolute atomic E-state index is 6.10. The maximum atomic E-state index is 6.10. The zero-order valence-corrected chi connectivity index (χ0v) is 20.2. The summed E-state index contributed by atoms with van der Waals surface area (Å²) < 4.78 is 8.03. The van der Waals surface area contributed by atoms with Crippen LogP contribution in [0.4, 0.5) is 0 Å². The van der Waals surface area contributed by atoms with E-state index in [0.29, 0.717) is 0 Å². The predicted octanol–water partition coefficient (Wildman–Crippen LogP) is 6.64. The number of ether oxygens (including phenoxy) is 1. The van der Waals surface area contributed by atoms with E-state index in [2.05, 4.69) is 34.6 Å². The van der Waals surface area contributed by atoms with Gasteiger partial charge in [-0.1, -0.05) is 47.6 Å². The van der Waals surface area contributed by atoms with E-state index < -0.39 is 0 Å². The molecule has 4 rings (SSSR count). The Balaban J connectivity index is 1.42. The highest BCUT2D eigenvalue weighted by atomic mass is 35.5. The second kappa shape index (κ2) is 9.42. The lowest BCUT2D eigenvalue weighted by molar-refractivity contribution is 0.211. The van der Waals surface area contributed by atoms with Gasteiger partial charge >= 0.3 is 0 Å². The number of nitrogens with zero attached hydrogens (tertiary/aromatic N) is 4. The standard InChI is InChI=1S/C23H23ClN4OS2/c1-14-7-5-6-8-19(14)22-25-17(12-30-22)13-31-23-27-26-21(28(23)4)16(3)29-18-9-10-20(24)15(2)11-18/h5-12,16H,13H2,1-4H3. The first-order valence-corrected chi connectivity index (χ1v) is 12.1. The summed E-state index contributed by atoms with van der Waals surface area (Å²) in [6.07, 6.45) is -0.237. The minimum atomic E-state index is -0.237. The molecule has 2 aromatic carbocycles. The lowest BCUT2D eigenvalue weighted by Gasteiger charge is -2.15. The van der Waals surface area contributed by atoms with Crippen molar-refractivity contribution in [3.8, 4) is 16.3 Å². The van der Waals surface area contributed by atoms with Crippen LogP contribution in [0.15, 0.2) is 53.0 Å². The second-order valence-electron chi connectivity index (χ2n) is 7.32. The highest BCUT2D eigenvalue weighted by Crippen LogP contribution is 2.30. The van der Waals surface area contributed by atoms with Crippen molar-refractivity contribution in [1.82, 2.24) is 19.7 Å². The number of hydrogen-bond acceptors (Lipinski definition) is 6. The Kier molecular flexibility index (Phi) is 6.65. The van der Waals surface area contributed by atoms with E-state index in [4.69, 9.17) is 21.3 Å². The molecule has 1 atom stereocenters. The Morgan fingerprint density at radius 2 is 1.94 bits per heavy atom. The zero-order valence-electron chi connectivity index (χ0n) is 17.8. The first-order valence-electron chi connectivity index (χ1n) is 9.87. The van der Waals surface area contributed by atoms with Crippen molar-refractivity contribution in [2.45, 2.75) is 37.8 Å². The molecule has 8 heteroatoms. The lowest BCUT2D eigenvalue weighted by Crippen LogP contribution is -2.10. The SMILES string of the molecule is Cc1cc(OC(C)c2nnc(SCc3csc(-c4ccccc4C)n3)n2C)ccc1Cl. The molecule has 160 valence electrons. The molecule has 2 heterocycles. The van der Waals surface area contributed by atoms with Crippen LogP contribution in [0.2, 0.25) is 5.02 Å². The number of halogens is 1. The average Bonchev–Trinajstić information content (AvgIpc) is 3.36. The number of benzene rings is 2. The largest absolute Gasteiger partial charge is 0.483 e. The molecule has 0 aliphatic carbocycles. The molecule has 0 bridgehead atoms. The predicted molar refractivity (Wildman–Crippen MR) is 128 cm³/mol. The first-order chi connectivity index (χ1) is 14.9. The average molecular weight is 471 g/mol. The highest BCUT2D eigenvalue weighted by Gasteiger charge is 2.18. The van der Waals surface area contributed by atoms with Crippen LogP contribution >= 0.6 is 34.7 Å². The molecular formula is C23H23ClN4OS2. The van der Waals surface area contributed by atoms with Gasteiger partial charge in [0.1, 0.15) is 10.8 Å². The molecule has 5 nitrogen and oxygen atoms in total. The summed E-state index contributed by atoms with van der Waals surface area (Å²) in [5.74, 6) is 2.27.